The van der Waals surface area contributed by atoms with E-state index in [9.17, 15) is 0 Å². The Balaban J connectivity index is 1.49. The zero-order valence-electron chi connectivity index (χ0n) is 23.1. The van der Waals surface area contributed by atoms with Gasteiger partial charge in [0.05, 0.1) is 32.5 Å². The first-order valence-corrected chi connectivity index (χ1v) is 14.9. The summed E-state index contributed by atoms with van der Waals surface area (Å²) in [5, 5.41) is 3.74. The number of para-hydroxylation sites is 1. The van der Waals surface area contributed by atoms with E-state index in [0.29, 0.717) is 5.92 Å². The lowest BCUT2D eigenvalue weighted by Crippen LogP contribution is -2.15. The molecule has 0 N–H and O–H groups in total. The van der Waals surface area contributed by atoms with Gasteiger partial charge < -0.3 is 9.47 Å². The van der Waals surface area contributed by atoms with Crippen LogP contribution in [0.3, 0.4) is 0 Å². The van der Waals surface area contributed by atoms with E-state index in [1.165, 1.54) is 64.5 Å². The molecule has 4 nitrogen and oxygen atoms in total. The van der Waals surface area contributed by atoms with Crippen molar-refractivity contribution in [1.82, 2.24) is 19.4 Å². The van der Waals surface area contributed by atoms with Crippen LogP contribution in [-0.2, 0) is 6.54 Å². The Kier molecular flexibility index (Phi) is 7.07. The summed E-state index contributed by atoms with van der Waals surface area (Å²) in [6.45, 7) is 6.26. The summed E-state index contributed by atoms with van der Waals surface area (Å²) in [5.74, 6) is 0.632. The lowest BCUT2D eigenvalue weighted by atomic mass is 9.82. The third kappa shape index (κ3) is 4.78. The first-order valence-electron chi connectivity index (χ1n) is 14.1. The Hall–Kier alpha value is -3.02. The summed E-state index contributed by atoms with van der Waals surface area (Å²) in [7, 11) is 4.34. The van der Waals surface area contributed by atoms with E-state index in [0.717, 1.165) is 41.4 Å². The van der Waals surface area contributed by atoms with Gasteiger partial charge in [-0.15, -0.1) is 11.3 Å². The van der Waals surface area contributed by atoms with Crippen LogP contribution in [-0.4, -0.2) is 40.1 Å². The summed E-state index contributed by atoms with van der Waals surface area (Å²) in [6, 6.07) is 20.4. The van der Waals surface area contributed by atoms with Crippen LogP contribution in [0.2, 0.25) is 0 Å². The number of nitrogens with zero attached hydrogens (tertiary/aromatic N) is 4. The highest BCUT2D eigenvalue weighted by atomic mass is 32.1. The zero-order chi connectivity index (χ0) is 26.2. The van der Waals surface area contributed by atoms with Gasteiger partial charge in [0, 0.05) is 22.8 Å². The number of thiazole rings is 1. The van der Waals surface area contributed by atoms with Gasteiger partial charge in [-0.3, -0.25) is 0 Å². The molecule has 1 fully saturated rings. The molecule has 38 heavy (non-hydrogen) atoms. The Bertz CT molecular complexity index is 1590. The van der Waals surface area contributed by atoms with Gasteiger partial charge in [0.15, 0.2) is 0 Å². The average Bonchev–Trinajstić information content (AvgIpc) is 3.44. The zero-order valence-corrected chi connectivity index (χ0v) is 23.9. The SMILES string of the molecule is Cc1nc(C)c(-c2ccc3cc(-c4c(C5CCCCC5)c5ccccc5n4CCCN(C)C)ccc3n2)s1. The predicted molar refractivity (Wildman–Crippen MR) is 162 cm³/mol. The number of aryl methyl sites for hydroxylation is 3. The summed E-state index contributed by atoms with van der Waals surface area (Å²) >= 11 is 1.73. The van der Waals surface area contributed by atoms with E-state index >= 15 is 0 Å². The minimum atomic E-state index is 0.632. The topological polar surface area (TPSA) is 34.0 Å². The number of pyridine rings is 1. The highest BCUT2D eigenvalue weighted by molar-refractivity contribution is 7.15. The van der Waals surface area contributed by atoms with Crippen molar-refractivity contribution in [2.24, 2.45) is 0 Å². The second-order valence-corrected chi connectivity index (χ2v) is 12.4. The number of benzene rings is 2. The molecular weight excluding hydrogens is 484 g/mol. The molecule has 1 saturated carbocycles. The van der Waals surface area contributed by atoms with Gasteiger partial charge in [-0.1, -0.05) is 49.6 Å². The fourth-order valence-corrected chi connectivity index (χ4v) is 7.28. The highest BCUT2D eigenvalue weighted by Gasteiger charge is 2.26. The second kappa shape index (κ2) is 10.6. The van der Waals surface area contributed by atoms with Gasteiger partial charge in [-0.05, 0) is 95.1 Å². The third-order valence-corrected chi connectivity index (χ3v) is 9.20. The Labute approximate surface area is 230 Å². The Morgan fingerprint density at radius 1 is 0.947 bits per heavy atom. The van der Waals surface area contributed by atoms with Crippen molar-refractivity contribution >= 4 is 33.1 Å². The van der Waals surface area contributed by atoms with Gasteiger partial charge in [0.2, 0.25) is 0 Å². The van der Waals surface area contributed by atoms with Crippen LogP contribution >= 0.6 is 11.3 Å². The number of rotatable bonds is 7. The molecule has 3 aromatic heterocycles. The number of aromatic nitrogens is 3. The van der Waals surface area contributed by atoms with Crippen molar-refractivity contribution in [3.05, 3.63) is 70.9 Å². The van der Waals surface area contributed by atoms with Crippen molar-refractivity contribution in [3.8, 4) is 21.8 Å². The van der Waals surface area contributed by atoms with Crippen LogP contribution in [0.25, 0.3) is 43.6 Å². The van der Waals surface area contributed by atoms with Gasteiger partial charge in [0.1, 0.15) is 0 Å². The number of hydrogen-bond donors (Lipinski definition) is 0. The lowest BCUT2D eigenvalue weighted by molar-refractivity contribution is 0.388. The summed E-state index contributed by atoms with van der Waals surface area (Å²) < 4.78 is 2.62. The van der Waals surface area contributed by atoms with E-state index < -0.39 is 0 Å². The molecule has 0 aliphatic heterocycles. The summed E-state index contributed by atoms with van der Waals surface area (Å²) in [4.78, 5) is 13.1. The molecule has 5 heteroatoms. The fourth-order valence-electron chi connectivity index (χ4n) is 6.39. The van der Waals surface area contributed by atoms with Crippen LogP contribution < -0.4 is 0 Å². The van der Waals surface area contributed by atoms with Crippen molar-refractivity contribution in [1.29, 1.82) is 0 Å². The van der Waals surface area contributed by atoms with E-state index in [4.69, 9.17) is 4.98 Å². The van der Waals surface area contributed by atoms with Gasteiger partial charge in [-0.25, -0.2) is 9.97 Å². The molecule has 6 rings (SSSR count). The van der Waals surface area contributed by atoms with E-state index in [1.807, 2.05) is 0 Å². The maximum Gasteiger partial charge on any atom is 0.0904 e. The Morgan fingerprint density at radius 2 is 1.76 bits per heavy atom. The van der Waals surface area contributed by atoms with Gasteiger partial charge >= 0.3 is 0 Å². The minimum Gasteiger partial charge on any atom is -0.340 e. The minimum absolute atomic E-state index is 0.632. The van der Waals surface area contributed by atoms with Gasteiger partial charge in [0.25, 0.3) is 0 Å². The smallest absolute Gasteiger partial charge is 0.0904 e. The van der Waals surface area contributed by atoms with Crippen LogP contribution in [0.4, 0.5) is 0 Å². The third-order valence-electron chi connectivity index (χ3n) is 8.11. The van der Waals surface area contributed by atoms with Crippen LogP contribution in [0.5, 0.6) is 0 Å². The monoisotopic (exact) mass is 522 g/mol. The predicted octanol–water partition coefficient (Wildman–Crippen LogP) is 8.60. The van der Waals surface area contributed by atoms with Crippen molar-refractivity contribution in [2.75, 3.05) is 20.6 Å². The first kappa shape index (κ1) is 25.3. The average molecular weight is 523 g/mol. The molecule has 0 saturated heterocycles. The molecule has 0 amide bonds. The molecule has 0 unspecified atom stereocenters. The largest absolute Gasteiger partial charge is 0.340 e. The Morgan fingerprint density at radius 3 is 2.53 bits per heavy atom. The normalized spacial score (nSPS) is 14.8. The van der Waals surface area contributed by atoms with E-state index in [-0.39, 0.29) is 0 Å². The lowest BCUT2D eigenvalue weighted by Gasteiger charge is -2.24. The molecule has 5 aromatic rings. The second-order valence-electron chi connectivity index (χ2n) is 11.2. The molecule has 0 atom stereocenters. The van der Waals surface area contributed by atoms with Crippen LogP contribution in [0.1, 0.15) is 60.7 Å². The molecule has 0 radical (unpaired) electrons. The molecule has 3 heterocycles. The molecular formula is C33H38N4S. The quantitative estimate of drug-likeness (QED) is 0.215. The number of fused-ring (bicyclic) bond motifs is 2. The van der Waals surface area contributed by atoms with E-state index in [1.54, 1.807) is 16.9 Å². The maximum absolute atomic E-state index is 5.06. The van der Waals surface area contributed by atoms with Gasteiger partial charge in [-0.2, -0.15) is 0 Å². The van der Waals surface area contributed by atoms with Crippen LogP contribution in [0, 0.1) is 13.8 Å². The highest BCUT2D eigenvalue weighted by Crippen LogP contribution is 2.44. The molecule has 0 spiro atoms. The molecule has 2 aromatic carbocycles. The van der Waals surface area contributed by atoms with Crippen molar-refractivity contribution in [2.45, 2.75) is 64.8 Å². The van der Waals surface area contributed by atoms with E-state index in [2.05, 4.69) is 97.0 Å². The number of hydrogen-bond acceptors (Lipinski definition) is 4. The summed E-state index contributed by atoms with van der Waals surface area (Å²) in [6.07, 6.45) is 7.77. The first-order chi connectivity index (χ1) is 18.5. The van der Waals surface area contributed by atoms with Crippen LogP contribution in [0.15, 0.2) is 54.6 Å². The van der Waals surface area contributed by atoms with Crippen molar-refractivity contribution < 1.29 is 0 Å². The maximum atomic E-state index is 5.06. The molecule has 196 valence electrons. The fraction of sp³-hybridized carbons (Fsp3) is 0.394. The molecule has 1 aliphatic carbocycles. The summed E-state index contributed by atoms with van der Waals surface area (Å²) in [5.41, 5.74) is 8.84. The molecule has 0 bridgehead atoms. The molecule has 1 aliphatic rings. The van der Waals surface area contributed by atoms with Crippen molar-refractivity contribution in [3.63, 3.8) is 0 Å². The standard InChI is InChI=1S/C33H38N4S/c1-22-33(38-23(2)34-22)29-18-15-25-21-26(16-17-28(25)35-29)32-31(24-11-6-5-7-12-24)27-13-8-9-14-30(27)37(32)20-10-19-36(3)4/h8-9,13-18,21,24H,5-7,10-12,19-20H2,1-4H3.